The van der Waals surface area contributed by atoms with E-state index in [9.17, 15) is 14.4 Å². The minimum absolute atomic E-state index is 0.112. The van der Waals surface area contributed by atoms with E-state index >= 15 is 0 Å². The number of cyclic esters (lactones) is 1. The van der Waals surface area contributed by atoms with E-state index in [-0.39, 0.29) is 49.1 Å². The maximum atomic E-state index is 14.9. The van der Waals surface area contributed by atoms with Crippen LogP contribution in [0.2, 0.25) is 0 Å². The summed E-state index contributed by atoms with van der Waals surface area (Å²) in [6, 6.07) is 7.37. The Morgan fingerprint density at radius 1 is 1.00 bits per heavy atom. The highest BCUT2D eigenvalue weighted by molar-refractivity contribution is 5.95. The fourth-order valence-corrected chi connectivity index (χ4v) is 12.2. The topological polar surface area (TPSA) is 175 Å². The minimum Gasteiger partial charge on any atom is -0.464 e. The number of amides is 2. The number of rotatable bonds is 14. The van der Waals surface area contributed by atoms with E-state index in [4.69, 9.17) is 38.1 Å². The number of hydrogen-bond donors (Lipinski definition) is 2. The average Bonchev–Trinajstić information content (AvgIpc) is 4.29. The van der Waals surface area contributed by atoms with Crippen molar-refractivity contribution in [3.63, 3.8) is 0 Å². The molecule has 2 amide bonds. The molecule has 7 atom stereocenters. The molecule has 3 saturated heterocycles. The number of hydrazine groups is 1. The Morgan fingerprint density at radius 3 is 2.49 bits per heavy atom. The predicted molar refractivity (Wildman–Crippen MR) is 276 cm³/mol. The van der Waals surface area contributed by atoms with E-state index in [0.29, 0.717) is 69.7 Å². The first-order valence-electron chi connectivity index (χ1n) is 27.2. The first-order chi connectivity index (χ1) is 35.2. The molecule has 4 aromatic rings. The molecule has 0 unspecified atom stereocenters. The van der Waals surface area contributed by atoms with Gasteiger partial charge < -0.3 is 42.9 Å². The number of ether oxygens (including phenoxy) is 5. The van der Waals surface area contributed by atoms with Crippen molar-refractivity contribution in [2.75, 3.05) is 77.8 Å². The van der Waals surface area contributed by atoms with Gasteiger partial charge in [-0.3, -0.25) is 29.3 Å². The summed E-state index contributed by atoms with van der Waals surface area (Å²) in [7, 11) is 1.73. The van der Waals surface area contributed by atoms with Crippen LogP contribution in [0, 0.1) is 29.1 Å². The van der Waals surface area contributed by atoms with E-state index in [1.165, 1.54) is 24.1 Å². The Balaban J connectivity index is 1.11. The van der Waals surface area contributed by atoms with Crippen LogP contribution in [0.1, 0.15) is 116 Å². The average molecular weight is 1010 g/mol. The van der Waals surface area contributed by atoms with Gasteiger partial charge in [0.05, 0.1) is 48.7 Å². The van der Waals surface area contributed by atoms with Crippen LogP contribution in [0.5, 0.6) is 0 Å². The number of carbonyl (C=O) groups is 3. The van der Waals surface area contributed by atoms with Crippen LogP contribution in [0.4, 0.5) is 5.69 Å². The lowest BCUT2D eigenvalue weighted by Crippen LogP contribution is -2.61. The molecule has 1 aromatic carbocycles. The van der Waals surface area contributed by atoms with E-state index < -0.39 is 35.5 Å². The van der Waals surface area contributed by atoms with E-state index in [1.54, 1.807) is 7.11 Å². The SMILES string of the molecule is CCO[C@@H]1c2coc(n2)-c2ccc3c(c2)c(c(-c2cc(N4CCN(C5CC5)CC4)cnc2[C@H](C)OC)n3CCOC2CCOCC2)CC(C)(C)COC(=O)[C@@H]2CCCN(N2)C(=O)[C@H]1NC(=O)[C@H]1[C@H](C)[C@@H]1C(C)C. The molecule has 5 fully saturated rings. The zero-order chi connectivity index (χ0) is 51.1. The molecule has 6 bridgehead atoms. The minimum atomic E-state index is -1.17. The van der Waals surface area contributed by atoms with Gasteiger partial charge >= 0.3 is 5.97 Å². The smallest absolute Gasteiger partial charge is 0.324 e. The summed E-state index contributed by atoms with van der Waals surface area (Å²) < 4.78 is 39.9. The van der Waals surface area contributed by atoms with Gasteiger partial charge in [0.1, 0.15) is 30.1 Å². The summed E-state index contributed by atoms with van der Waals surface area (Å²) in [5.74, 6) is -0.270. The molecule has 7 heterocycles. The molecule has 10 rings (SSSR count). The normalized spacial score (nSPS) is 26.8. The van der Waals surface area contributed by atoms with Crippen LogP contribution in [-0.4, -0.2) is 139 Å². The molecule has 0 spiro atoms. The standard InChI is InChI=1S/C56H78N8O9/c1-9-70-51-44-31-72-53(58-44)36-12-15-45-40(27-36)42(29-56(6,7)32-73-55(67)43-11-10-18-64(60-43)54(66)49(51)59-52(65)47-34(4)46(47)33(2)3)50(63(45)23-26-71-39-16-24-69-25-17-39)41-28-38(30-57-48(41)35(5)68-8)62-21-19-61(20-22-62)37-13-14-37/h12,15,27-28,30-31,33-35,37,39,43,46-47,49,51,60H,9-11,13-14,16-26,29,32H2,1-8H3,(H,59,65)/t34-,35+,43+,46+,47+,49+,51-/m1/s1. The molecule has 2 N–H and O–H groups in total. The van der Waals surface area contributed by atoms with Gasteiger partial charge in [0.15, 0.2) is 0 Å². The number of hydrogen-bond acceptors (Lipinski definition) is 14. The van der Waals surface area contributed by atoms with Crippen molar-refractivity contribution >= 4 is 34.4 Å². The fourth-order valence-electron chi connectivity index (χ4n) is 12.2. The van der Waals surface area contributed by atoms with E-state index in [2.05, 4.69) is 77.9 Å². The van der Waals surface area contributed by atoms with Crippen LogP contribution >= 0.6 is 0 Å². The molecular formula is C56H78N8O9. The van der Waals surface area contributed by atoms with Crippen LogP contribution < -0.4 is 15.6 Å². The molecule has 2 saturated carbocycles. The maximum Gasteiger partial charge on any atom is 0.324 e. The molecule has 6 aliphatic rings. The first kappa shape index (κ1) is 51.6. The zero-order valence-electron chi connectivity index (χ0n) is 44.3. The Kier molecular flexibility index (Phi) is 15.4. The van der Waals surface area contributed by atoms with Gasteiger partial charge in [0.2, 0.25) is 11.8 Å². The van der Waals surface area contributed by atoms with Gasteiger partial charge in [-0.25, -0.2) is 10.4 Å². The Morgan fingerprint density at radius 2 is 1.78 bits per heavy atom. The monoisotopic (exact) mass is 1010 g/mol. The molecule has 4 aliphatic heterocycles. The number of anilines is 1. The number of carbonyl (C=O) groups excluding carboxylic acids is 3. The number of nitrogens with one attached hydrogen (secondary N) is 2. The lowest BCUT2D eigenvalue weighted by atomic mass is 9.84. The first-order valence-corrected chi connectivity index (χ1v) is 27.2. The van der Waals surface area contributed by atoms with Crippen molar-refractivity contribution in [2.24, 2.45) is 29.1 Å². The number of pyridine rings is 1. The van der Waals surface area contributed by atoms with Crippen molar-refractivity contribution in [3.8, 4) is 22.7 Å². The van der Waals surface area contributed by atoms with Crippen LogP contribution in [0.3, 0.4) is 0 Å². The highest BCUT2D eigenvalue weighted by Gasteiger charge is 2.54. The number of methoxy groups -OCH3 is 1. The van der Waals surface area contributed by atoms with Crippen LogP contribution in [0.25, 0.3) is 33.6 Å². The summed E-state index contributed by atoms with van der Waals surface area (Å²) in [4.78, 5) is 58.7. The summed E-state index contributed by atoms with van der Waals surface area (Å²) in [6.07, 6.45) is 8.18. The van der Waals surface area contributed by atoms with Crippen molar-refractivity contribution in [2.45, 2.75) is 136 Å². The lowest BCUT2D eigenvalue weighted by molar-refractivity contribution is -0.157. The number of oxazole rings is 1. The quantitative estimate of drug-likeness (QED) is 0.121. The molecule has 17 nitrogen and oxygen atoms in total. The van der Waals surface area contributed by atoms with E-state index in [1.807, 2.05) is 26.1 Å². The predicted octanol–water partition coefficient (Wildman–Crippen LogP) is 7.27. The molecule has 3 aromatic heterocycles. The van der Waals surface area contributed by atoms with E-state index in [0.717, 1.165) is 89.7 Å². The highest BCUT2D eigenvalue weighted by atomic mass is 16.5. The summed E-state index contributed by atoms with van der Waals surface area (Å²) in [5, 5.41) is 5.57. The Hall–Kier alpha value is -4.91. The molecule has 396 valence electrons. The van der Waals surface area contributed by atoms with Crippen LogP contribution in [0.15, 0.2) is 41.1 Å². The van der Waals surface area contributed by atoms with Crippen LogP contribution in [-0.2, 0) is 51.0 Å². The van der Waals surface area contributed by atoms with Crippen molar-refractivity contribution in [3.05, 3.63) is 53.7 Å². The molecule has 17 heteroatoms. The number of aromatic nitrogens is 3. The van der Waals surface area contributed by atoms with Gasteiger partial charge in [-0.05, 0) is 106 Å². The maximum absolute atomic E-state index is 14.9. The number of piperazine rings is 1. The summed E-state index contributed by atoms with van der Waals surface area (Å²) >= 11 is 0. The summed E-state index contributed by atoms with van der Waals surface area (Å²) in [5.41, 5.74) is 9.69. The Labute approximate surface area is 430 Å². The van der Waals surface area contributed by atoms with Gasteiger partial charge in [-0.2, -0.15) is 0 Å². The second-order valence-electron chi connectivity index (χ2n) is 22.6. The van der Waals surface area contributed by atoms with Crippen molar-refractivity contribution in [1.82, 2.24) is 35.2 Å². The van der Waals surface area contributed by atoms with Gasteiger partial charge in [-0.1, -0.05) is 34.6 Å². The fraction of sp³-hybridized carbons (Fsp3) is 0.661. The highest BCUT2D eigenvalue weighted by Crippen LogP contribution is 2.51. The number of nitrogens with zero attached hydrogens (tertiary/aromatic N) is 6. The summed E-state index contributed by atoms with van der Waals surface area (Å²) in [6.45, 7) is 21.5. The van der Waals surface area contributed by atoms with Gasteiger partial charge in [0.25, 0.3) is 5.91 Å². The largest absolute Gasteiger partial charge is 0.464 e. The molecule has 2 aliphatic carbocycles. The third-order valence-electron chi connectivity index (χ3n) is 16.4. The number of fused-ring (bicyclic) bond motifs is 6. The van der Waals surface area contributed by atoms with Crippen molar-refractivity contribution in [1.29, 1.82) is 0 Å². The zero-order valence-corrected chi connectivity index (χ0v) is 44.3. The van der Waals surface area contributed by atoms with Crippen molar-refractivity contribution < 1.29 is 42.5 Å². The third-order valence-corrected chi connectivity index (χ3v) is 16.4. The second kappa shape index (κ2) is 21.7. The lowest BCUT2D eigenvalue weighted by Gasteiger charge is -2.37. The number of esters is 1. The Bertz CT molecular complexity index is 2610. The third kappa shape index (κ3) is 11.0. The second-order valence-corrected chi connectivity index (χ2v) is 22.6. The molecule has 73 heavy (non-hydrogen) atoms. The van der Waals surface area contributed by atoms with Gasteiger partial charge in [0, 0.05) is 106 Å². The molecular weight excluding hydrogens is 929 g/mol. The molecule has 0 radical (unpaired) electrons. The van der Waals surface area contributed by atoms with Gasteiger partial charge in [-0.15, -0.1) is 0 Å². The number of benzene rings is 1.